The van der Waals surface area contributed by atoms with Crippen molar-refractivity contribution in [2.75, 3.05) is 18.1 Å². The number of hydrogen-bond acceptors (Lipinski definition) is 4. The van der Waals surface area contributed by atoms with E-state index in [1.165, 1.54) is 11.8 Å². The lowest BCUT2D eigenvalue weighted by Gasteiger charge is -2.05. The number of carbonyl (C=O) groups excluding carboxylic acids is 1. The third kappa shape index (κ3) is 4.33. The van der Waals surface area contributed by atoms with Crippen molar-refractivity contribution in [2.45, 2.75) is 12.7 Å². The Bertz CT molecular complexity index is 371. The SMILES string of the molecule is CCOC(=O)CSCc1ccc(N)cc1Cl. The number of carbonyl (C=O) groups is 1. The molecule has 0 bridgehead atoms. The van der Waals surface area contributed by atoms with E-state index in [0.717, 1.165) is 5.56 Å². The number of thioether (sulfide) groups is 1. The van der Waals surface area contributed by atoms with Gasteiger partial charge in [-0.25, -0.2) is 0 Å². The fourth-order valence-electron chi connectivity index (χ4n) is 1.13. The molecule has 0 saturated carbocycles. The summed E-state index contributed by atoms with van der Waals surface area (Å²) in [5.74, 6) is 0.825. The summed E-state index contributed by atoms with van der Waals surface area (Å²) in [5, 5.41) is 0.636. The van der Waals surface area contributed by atoms with Crippen LogP contribution in [0.25, 0.3) is 0 Å². The van der Waals surface area contributed by atoms with Crippen molar-refractivity contribution >= 4 is 35.0 Å². The molecule has 0 amide bonds. The minimum Gasteiger partial charge on any atom is -0.465 e. The van der Waals surface area contributed by atoms with Crippen LogP contribution < -0.4 is 5.73 Å². The van der Waals surface area contributed by atoms with Crippen molar-refractivity contribution in [2.24, 2.45) is 0 Å². The van der Waals surface area contributed by atoms with Gasteiger partial charge in [0.15, 0.2) is 0 Å². The van der Waals surface area contributed by atoms with Gasteiger partial charge in [0.1, 0.15) is 0 Å². The number of nitrogen functional groups attached to an aromatic ring is 1. The fraction of sp³-hybridized carbons (Fsp3) is 0.364. The van der Waals surface area contributed by atoms with Gasteiger partial charge in [0.25, 0.3) is 0 Å². The van der Waals surface area contributed by atoms with Gasteiger partial charge >= 0.3 is 5.97 Å². The van der Waals surface area contributed by atoms with Crippen LogP contribution >= 0.6 is 23.4 Å². The number of nitrogens with two attached hydrogens (primary N) is 1. The van der Waals surface area contributed by atoms with Gasteiger partial charge < -0.3 is 10.5 Å². The molecule has 88 valence electrons. The fourth-order valence-corrected chi connectivity index (χ4v) is 2.29. The molecular formula is C11H14ClNO2S. The van der Waals surface area contributed by atoms with Gasteiger partial charge in [0.05, 0.1) is 12.4 Å². The van der Waals surface area contributed by atoms with Crippen LogP contribution in [0.1, 0.15) is 12.5 Å². The molecule has 0 unspecified atom stereocenters. The number of esters is 1. The zero-order chi connectivity index (χ0) is 12.0. The molecule has 5 heteroatoms. The summed E-state index contributed by atoms with van der Waals surface area (Å²) in [6.07, 6.45) is 0. The Balaban J connectivity index is 2.40. The number of hydrogen-bond donors (Lipinski definition) is 1. The second-order valence-corrected chi connectivity index (χ2v) is 4.54. The Morgan fingerprint density at radius 3 is 2.94 bits per heavy atom. The summed E-state index contributed by atoms with van der Waals surface area (Å²) >= 11 is 7.47. The van der Waals surface area contributed by atoms with Gasteiger partial charge in [0, 0.05) is 16.5 Å². The smallest absolute Gasteiger partial charge is 0.315 e. The van der Waals surface area contributed by atoms with Gasteiger partial charge in [0.2, 0.25) is 0 Å². The Morgan fingerprint density at radius 2 is 2.31 bits per heavy atom. The van der Waals surface area contributed by atoms with Gasteiger partial charge in [-0.2, -0.15) is 0 Å². The van der Waals surface area contributed by atoms with E-state index in [9.17, 15) is 4.79 Å². The molecule has 0 heterocycles. The van der Waals surface area contributed by atoms with Crippen LogP contribution in [0, 0.1) is 0 Å². The Kier molecular flexibility index (Phi) is 5.49. The number of halogens is 1. The van der Waals surface area contributed by atoms with E-state index in [1.807, 2.05) is 6.07 Å². The second kappa shape index (κ2) is 6.66. The van der Waals surface area contributed by atoms with E-state index in [1.54, 1.807) is 19.1 Å². The van der Waals surface area contributed by atoms with E-state index < -0.39 is 0 Å². The minimum absolute atomic E-state index is 0.195. The topological polar surface area (TPSA) is 52.3 Å². The monoisotopic (exact) mass is 259 g/mol. The van der Waals surface area contributed by atoms with Crippen LogP contribution in [0.2, 0.25) is 5.02 Å². The standard InChI is InChI=1S/C11H14ClNO2S/c1-2-15-11(14)7-16-6-8-3-4-9(13)5-10(8)12/h3-5H,2,6-7,13H2,1H3. The quantitative estimate of drug-likeness (QED) is 0.653. The van der Waals surface area contributed by atoms with Crippen molar-refractivity contribution in [1.29, 1.82) is 0 Å². The Morgan fingerprint density at radius 1 is 1.56 bits per heavy atom. The summed E-state index contributed by atoms with van der Waals surface area (Å²) in [6.45, 7) is 2.21. The van der Waals surface area contributed by atoms with E-state index in [0.29, 0.717) is 28.8 Å². The highest BCUT2D eigenvalue weighted by Gasteiger charge is 2.04. The average Bonchev–Trinajstić information content (AvgIpc) is 2.22. The van der Waals surface area contributed by atoms with Crippen LogP contribution in [0.5, 0.6) is 0 Å². The van der Waals surface area contributed by atoms with Crippen LogP contribution in [-0.4, -0.2) is 18.3 Å². The lowest BCUT2D eigenvalue weighted by Crippen LogP contribution is -2.06. The molecule has 0 saturated heterocycles. The maximum Gasteiger partial charge on any atom is 0.315 e. The first-order valence-corrected chi connectivity index (χ1v) is 6.44. The molecular weight excluding hydrogens is 246 g/mol. The van der Waals surface area contributed by atoms with Crippen LogP contribution in [-0.2, 0) is 15.3 Å². The summed E-state index contributed by atoms with van der Waals surface area (Å²) in [4.78, 5) is 11.1. The molecule has 2 N–H and O–H groups in total. The maximum absolute atomic E-state index is 11.1. The van der Waals surface area contributed by atoms with E-state index >= 15 is 0 Å². The molecule has 0 aromatic heterocycles. The predicted octanol–water partition coefficient (Wildman–Crippen LogP) is 2.72. The Labute approximate surface area is 104 Å². The van der Waals surface area contributed by atoms with E-state index in [4.69, 9.17) is 22.1 Å². The van der Waals surface area contributed by atoms with Gasteiger partial charge in [-0.15, -0.1) is 11.8 Å². The molecule has 0 aliphatic rings. The first-order valence-electron chi connectivity index (χ1n) is 4.90. The largest absolute Gasteiger partial charge is 0.465 e. The molecule has 0 aliphatic heterocycles. The van der Waals surface area contributed by atoms with Crippen molar-refractivity contribution in [1.82, 2.24) is 0 Å². The molecule has 1 rings (SSSR count). The zero-order valence-corrected chi connectivity index (χ0v) is 10.6. The molecule has 0 aliphatic carbocycles. The third-order valence-corrected chi connectivity index (χ3v) is 3.17. The van der Waals surface area contributed by atoms with Crippen LogP contribution in [0.15, 0.2) is 18.2 Å². The van der Waals surface area contributed by atoms with E-state index in [-0.39, 0.29) is 5.97 Å². The molecule has 1 aromatic carbocycles. The minimum atomic E-state index is -0.195. The van der Waals surface area contributed by atoms with Crippen molar-refractivity contribution < 1.29 is 9.53 Å². The number of ether oxygens (including phenoxy) is 1. The second-order valence-electron chi connectivity index (χ2n) is 3.15. The van der Waals surface area contributed by atoms with Gasteiger partial charge in [-0.3, -0.25) is 4.79 Å². The molecule has 16 heavy (non-hydrogen) atoms. The lowest BCUT2D eigenvalue weighted by molar-refractivity contribution is -0.139. The molecule has 3 nitrogen and oxygen atoms in total. The molecule has 0 spiro atoms. The summed E-state index contributed by atoms with van der Waals surface area (Å²) in [6, 6.07) is 5.38. The Hall–Kier alpha value is -0.870. The number of anilines is 1. The highest BCUT2D eigenvalue weighted by atomic mass is 35.5. The third-order valence-electron chi connectivity index (χ3n) is 1.86. The first kappa shape index (κ1) is 13.2. The predicted molar refractivity (Wildman–Crippen MR) is 68.7 cm³/mol. The summed E-state index contributed by atoms with van der Waals surface area (Å²) in [7, 11) is 0. The van der Waals surface area contributed by atoms with Gasteiger partial charge in [-0.1, -0.05) is 17.7 Å². The zero-order valence-electron chi connectivity index (χ0n) is 9.03. The van der Waals surface area contributed by atoms with Gasteiger partial charge in [-0.05, 0) is 24.6 Å². The molecule has 1 aromatic rings. The summed E-state index contributed by atoms with van der Waals surface area (Å²) < 4.78 is 4.82. The average molecular weight is 260 g/mol. The number of rotatable bonds is 5. The molecule has 0 fully saturated rings. The van der Waals surface area contributed by atoms with Crippen molar-refractivity contribution in [3.05, 3.63) is 28.8 Å². The highest BCUT2D eigenvalue weighted by Crippen LogP contribution is 2.23. The highest BCUT2D eigenvalue weighted by molar-refractivity contribution is 7.99. The normalized spacial score (nSPS) is 10.1. The van der Waals surface area contributed by atoms with Crippen molar-refractivity contribution in [3.63, 3.8) is 0 Å². The maximum atomic E-state index is 11.1. The van der Waals surface area contributed by atoms with E-state index in [2.05, 4.69) is 0 Å². The van der Waals surface area contributed by atoms with Crippen LogP contribution in [0.4, 0.5) is 5.69 Å². The number of benzene rings is 1. The first-order chi connectivity index (χ1) is 7.63. The lowest BCUT2D eigenvalue weighted by atomic mass is 10.2. The molecule has 0 radical (unpaired) electrons. The summed E-state index contributed by atoms with van der Waals surface area (Å²) in [5.41, 5.74) is 7.20. The van der Waals surface area contributed by atoms with Crippen molar-refractivity contribution in [3.8, 4) is 0 Å². The van der Waals surface area contributed by atoms with Crippen LogP contribution in [0.3, 0.4) is 0 Å². The molecule has 0 atom stereocenters.